The van der Waals surface area contributed by atoms with E-state index in [1.165, 1.54) is 24.4 Å². The molecular weight excluding hydrogens is 585 g/mol. The first kappa shape index (κ1) is 30.0. The largest absolute Gasteiger partial charge is 0.453 e. The number of carbonyl (C=O) groups is 1. The van der Waals surface area contributed by atoms with Gasteiger partial charge >= 0.3 is 5.69 Å². The highest BCUT2D eigenvalue weighted by Crippen LogP contribution is 2.34. The number of H-pyrrole nitrogens is 1. The summed E-state index contributed by atoms with van der Waals surface area (Å²) in [4.78, 5) is 43.5. The maximum absolute atomic E-state index is 15.2. The zero-order valence-corrected chi connectivity index (χ0v) is 23.4. The second-order valence-electron chi connectivity index (χ2n) is 9.94. The Hall–Kier alpha value is -5.51. The standard InChI is InChI=1S/C28H25F3N8O5/c1-13(2)39-28(43)38(16-5-6-17(29)18(30)11-16)27(42)23(37-39)26(41)34-15-4-7-20(19(31)10-15)44-21-8-9-32-24-22(21)25(36-35-24)33-14(3)12-40/h4-11,13-14,40H,12H2,1-3H3,(H,34,41)(H2,32,33,35,36). The smallest absolute Gasteiger partial charge is 0.352 e. The number of fused-ring (bicyclic) bond motifs is 1. The molecule has 3 heterocycles. The molecule has 2 aromatic carbocycles. The number of rotatable bonds is 9. The summed E-state index contributed by atoms with van der Waals surface area (Å²) < 4.78 is 49.7. The Kier molecular flexibility index (Phi) is 8.17. The third-order valence-corrected chi connectivity index (χ3v) is 6.36. The summed E-state index contributed by atoms with van der Waals surface area (Å²) in [6.07, 6.45) is 1.43. The molecule has 5 rings (SSSR count). The maximum Gasteiger partial charge on any atom is 0.352 e. The number of nitrogens with zero attached hydrogens (tertiary/aromatic N) is 5. The molecule has 0 bridgehead atoms. The number of hydrogen-bond acceptors (Lipinski definition) is 9. The Labute approximate surface area is 245 Å². The van der Waals surface area contributed by atoms with E-state index in [9.17, 15) is 28.3 Å². The number of carbonyl (C=O) groups excluding carboxylic acids is 1. The second-order valence-corrected chi connectivity index (χ2v) is 9.94. The molecule has 0 radical (unpaired) electrons. The molecule has 4 N–H and O–H groups in total. The normalized spacial score (nSPS) is 12.0. The van der Waals surface area contributed by atoms with E-state index in [4.69, 9.17) is 4.74 Å². The Bertz CT molecular complexity index is 2010. The van der Waals surface area contributed by atoms with Gasteiger partial charge < -0.3 is 20.5 Å². The van der Waals surface area contributed by atoms with E-state index in [0.717, 1.165) is 22.9 Å². The summed E-state index contributed by atoms with van der Waals surface area (Å²) in [5.74, 6) is -4.16. The van der Waals surface area contributed by atoms with Crippen LogP contribution in [0.5, 0.6) is 11.5 Å². The van der Waals surface area contributed by atoms with Gasteiger partial charge in [0, 0.05) is 36.1 Å². The first-order valence-corrected chi connectivity index (χ1v) is 13.2. The van der Waals surface area contributed by atoms with Gasteiger partial charge in [-0.1, -0.05) is 0 Å². The summed E-state index contributed by atoms with van der Waals surface area (Å²) in [7, 11) is 0. The highest BCUT2D eigenvalue weighted by molar-refractivity contribution is 6.02. The quantitative estimate of drug-likeness (QED) is 0.195. The molecule has 0 aliphatic rings. The fourth-order valence-electron chi connectivity index (χ4n) is 4.18. The van der Waals surface area contributed by atoms with Gasteiger partial charge in [-0.25, -0.2) is 32.2 Å². The summed E-state index contributed by atoms with van der Waals surface area (Å²) >= 11 is 0. The molecule has 0 saturated heterocycles. The molecule has 228 valence electrons. The first-order chi connectivity index (χ1) is 21.0. The van der Waals surface area contributed by atoms with Crippen molar-refractivity contribution in [3.63, 3.8) is 0 Å². The van der Waals surface area contributed by atoms with Crippen molar-refractivity contribution in [2.75, 3.05) is 17.2 Å². The summed E-state index contributed by atoms with van der Waals surface area (Å²) in [6, 6.07) is 6.40. The number of halogens is 3. The third-order valence-electron chi connectivity index (χ3n) is 6.36. The van der Waals surface area contributed by atoms with Gasteiger partial charge in [0.1, 0.15) is 11.1 Å². The lowest BCUT2D eigenvalue weighted by molar-refractivity contribution is 0.101. The predicted molar refractivity (Wildman–Crippen MR) is 153 cm³/mol. The number of benzene rings is 2. The van der Waals surface area contributed by atoms with Crippen LogP contribution in [0.2, 0.25) is 0 Å². The van der Waals surface area contributed by atoms with Gasteiger partial charge in [-0.15, -0.1) is 0 Å². The highest BCUT2D eigenvalue weighted by Gasteiger charge is 2.23. The minimum atomic E-state index is -1.31. The fraction of sp³-hybridized carbons (Fsp3) is 0.214. The van der Waals surface area contributed by atoms with Crippen molar-refractivity contribution in [2.24, 2.45) is 0 Å². The number of aromatic nitrogens is 6. The van der Waals surface area contributed by atoms with Crippen molar-refractivity contribution < 1.29 is 27.8 Å². The number of aliphatic hydroxyl groups is 1. The Morgan fingerprint density at radius 2 is 1.80 bits per heavy atom. The van der Waals surface area contributed by atoms with E-state index in [2.05, 4.69) is 30.9 Å². The molecule has 0 aliphatic carbocycles. The van der Waals surface area contributed by atoms with Crippen LogP contribution in [0.25, 0.3) is 16.7 Å². The van der Waals surface area contributed by atoms with E-state index < -0.39 is 46.3 Å². The number of amides is 1. The topological polar surface area (TPSA) is 169 Å². The summed E-state index contributed by atoms with van der Waals surface area (Å²) in [5.41, 5.74) is -2.97. The van der Waals surface area contributed by atoms with Crippen LogP contribution in [0.4, 0.5) is 24.7 Å². The summed E-state index contributed by atoms with van der Waals surface area (Å²) in [6.45, 7) is 4.70. The van der Waals surface area contributed by atoms with Gasteiger partial charge in [-0.2, -0.15) is 10.2 Å². The Morgan fingerprint density at radius 3 is 2.48 bits per heavy atom. The van der Waals surface area contributed by atoms with Crippen LogP contribution in [0.3, 0.4) is 0 Å². The van der Waals surface area contributed by atoms with Crippen molar-refractivity contribution in [1.82, 2.24) is 29.5 Å². The summed E-state index contributed by atoms with van der Waals surface area (Å²) in [5, 5.41) is 25.9. The van der Waals surface area contributed by atoms with E-state index >= 15 is 4.39 Å². The molecule has 1 unspecified atom stereocenters. The Morgan fingerprint density at radius 1 is 1.02 bits per heavy atom. The fourth-order valence-corrected chi connectivity index (χ4v) is 4.18. The van der Waals surface area contributed by atoms with Crippen molar-refractivity contribution in [3.8, 4) is 17.2 Å². The average molecular weight is 611 g/mol. The molecule has 0 fully saturated rings. The van der Waals surface area contributed by atoms with Crippen molar-refractivity contribution in [1.29, 1.82) is 0 Å². The molecule has 16 heteroatoms. The number of ether oxygens (including phenoxy) is 1. The SMILES string of the molecule is CC(CO)Nc1n[nH]c2nccc(Oc3ccc(NC(=O)c4nn(C(C)C)c(=O)n(-c5ccc(F)c(F)c5)c4=O)cc3F)c12. The third kappa shape index (κ3) is 5.74. The molecule has 3 aromatic heterocycles. The minimum Gasteiger partial charge on any atom is -0.453 e. The van der Waals surface area contributed by atoms with Gasteiger partial charge in [0.15, 0.2) is 34.7 Å². The van der Waals surface area contributed by atoms with Crippen LogP contribution in [0.15, 0.2) is 58.3 Å². The predicted octanol–water partition coefficient (Wildman–Crippen LogP) is 3.50. The zero-order chi connectivity index (χ0) is 31.7. The van der Waals surface area contributed by atoms with E-state index in [1.54, 1.807) is 20.8 Å². The number of hydrogen-bond donors (Lipinski definition) is 4. The Balaban J connectivity index is 1.45. The number of nitrogens with one attached hydrogen (secondary N) is 3. The van der Waals surface area contributed by atoms with E-state index in [-0.39, 0.29) is 35.5 Å². The van der Waals surface area contributed by atoms with Crippen molar-refractivity contribution in [3.05, 3.63) is 92.6 Å². The number of aliphatic hydroxyl groups excluding tert-OH is 1. The lowest BCUT2D eigenvalue weighted by atomic mass is 10.2. The highest BCUT2D eigenvalue weighted by atomic mass is 19.2. The van der Waals surface area contributed by atoms with Crippen LogP contribution < -0.4 is 26.6 Å². The average Bonchev–Trinajstić information content (AvgIpc) is 3.39. The van der Waals surface area contributed by atoms with Gasteiger partial charge in [0.05, 0.1) is 18.3 Å². The van der Waals surface area contributed by atoms with Crippen LogP contribution in [0, 0.1) is 17.5 Å². The molecule has 1 amide bonds. The van der Waals surface area contributed by atoms with Gasteiger partial charge in [-0.05, 0) is 45.0 Å². The van der Waals surface area contributed by atoms with E-state index in [1.807, 2.05) is 0 Å². The number of aromatic amines is 1. The van der Waals surface area contributed by atoms with Crippen molar-refractivity contribution in [2.45, 2.75) is 32.9 Å². The van der Waals surface area contributed by atoms with E-state index in [0.29, 0.717) is 27.5 Å². The zero-order valence-electron chi connectivity index (χ0n) is 23.4. The lowest BCUT2D eigenvalue weighted by Gasteiger charge is -2.15. The lowest BCUT2D eigenvalue weighted by Crippen LogP contribution is -2.45. The van der Waals surface area contributed by atoms with Crippen molar-refractivity contribution >= 4 is 28.4 Å². The first-order valence-electron chi connectivity index (χ1n) is 13.2. The molecule has 13 nitrogen and oxygen atoms in total. The van der Waals surface area contributed by atoms with Crippen LogP contribution in [-0.2, 0) is 0 Å². The molecule has 5 aromatic rings. The second kappa shape index (κ2) is 12.0. The van der Waals surface area contributed by atoms with Crippen LogP contribution >= 0.6 is 0 Å². The molecule has 0 aliphatic heterocycles. The van der Waals surface area contributed by atoms with Gasteiger partial charge in [0.25, 0.3) is 11.5 Å². The maximum atomic E-state index is 15.2. The number of anilines is 2. The van der Waals surface area contributed by atoms with Crippen LogP contribution in [-0.4, -0.2) is 53.2 Å². The number of pyridine rings is 1. The van der Waals surface area contributed by atoms with Gasteiger partial charge in [-0.3, -0.25) is 14.7 Å². The molecule has 1 atom stereocenters. The molecule has 44 heavy (non-hydrogen) atoms. The molecular formula is C28H25F3N8O5. The molecule has 0 saturated carbocycles. The van der Waals surface area contributed by atoms with Crippen LogP contribution in [0.1, 0.15) is 37.3 Å². The van der Waals surface area contributed by atoms with Gasteiger partial charge in [0.2, 0.25) is 5.69 Å². The minimum absolute atomic E-state index is 0.0787. The monoisotopic (exact) mass is 610 g/mol. The molecule has 0 spiro atoms.